The molecule has 102 valence electrons. The molecule has 0 aromatic carbocycles. The molecular formula is C13H16ClN3OS. The Morgan fingerprint density at radius 2 is 2.37 bits per heavy atom. The second kappa shape index (κ2) is 4.98. The number of nitrogens with zero attached hydrogens (tertiary/aromatic N) is 2. The van der Waals surface area contributed by atoms with E-state index in [1.807, 2.05) is 6.92 Å². The summed E-state index contributed by atoms with van der Waals surface area (Å²) in [6, 6.07) is 0. The molecule has 4 nitrogen and oxygen atoms in total. The first-order valence-corrected chi connectivity index (χ1v) is 7.62. The zero-order valence-corrected chi connectivity index (χ0v) is 12.6. The summed E-state index contributed by atoms with van der Waals surface area (Å²) in [5.74, 6) is 0. The van der Waals surface area contributed by atoms with Crippen molar-refractivity contribution in [3.63, 3.8) is 0 Å². The van der Waals surface area contributed by atoms with Crippen LogP contribution in [0, 0.1) is 0 Å². The summed E-state index contributed by atoms with van der Waals surface area (Å²) >= 11 is 7.92. The van der Waals surface area contributed by atoms with Gasteiger partial charge in [-0.15, -0.1) is 11.3 Å². The van der Waals surface area contributed by atoms with E-state index in [-0.39, 0.29) is 5.54 Å². The van der Waals surface area contributed by atoms with Gasteiger partial charge in [-0.1, -0.05) is 11.6 Å². The molecule has 0 spiro atoms. The summed E-state index contributed by atoms with van der Waals surface area (Å²) in [6.45, 7) is 4.86. The first kappa shape index (κ1) is 13.2. The van der Waals surface area contributed by atoms with Gasteiger partial charge >= 0.3 is 0 Å². The molecule has 19 heavy (non-hydrogen) atoms. The fraction of sp³-hybridized carbons (Fsp3) is 0.538. The van der Waals surface area contributed by atoms with E-state index in [4.69, 9.17) is 16.4 Å². The summed E-state index contributed by atoms with van der Waals surface area (Å²) in [5.41, 5.74) is 4.50. The Bertz CT molecular complexity index is 615. The van der Waals surface area contributed by atoms with E-state index < -0.39 is 0 Å². The lowest BCUT2D eigenvalue weighted by Crippen LogP contribution is -2.46. The van der Waals surface area contributed by atoms with Crippen LogP contribution in [0.2, 0.25) is 5.15 Å². The van der Waals surface area contributed by atoms with Gasteiger partial charge in [0.15, 0.2) is 0 Å². The van der Waals surface area contributed by atoms with E-state index in [1.54, 1.807) is 11.3 Å². The maximum Gasteiger partial charge on any atom is 0.141 e. The zero-order chi connectivity index (χ0) is 13.5. The van der Waals surface area contributed by atoms with Crippen LogP contribution in [0.5, 0.6) is 0 Å². The Hall–Kier alpha value is -0.750. The maximum absolute atomic E-state index is 6.21. The summed E-state index contributed by atoms with van der Waals surface area (Å²) in [7, 11) is 0. The highest BCUT2D eigenvalue weighted by atomic mass is 35.5. The van der Waals surface area contributed by atoms with Crippen molar-refractivity contribution in [2.75, 3.05) is 6.61 Å². The second-order valence-electron chi connectivity index (χ2n) is 5.12. The molecule has 6 heteroatoms. The quantitative estimate of drug-likeness (QED) is 0.698. The van der Waals surface area contributed by atoms with Crippen molar-refractivity contribution >= 4 is 33.2 Å². The van der Waals surface area contributed by atoms with Crippen LogP contribution in [-0.4, -0.2) is 22.1 Å². The van der Waals surface area contributed by atoms with Crippen LogP contribution in [-0.2, 0) is 17.7 Å². The van der Waals surface area contributed by atoms with E-state index in [1.165, 1.54) is 16.8 Å². The fourth-order valence-electron chi connectivity index (χ4n) is 2.58. The number of fused-ring (bicyclic) bond motifs is 3. The molecule has 0 radical (unpaired) electrons. The third-order valence-electron chi connectivity index (χ3n) is 3.56. The molecule has 2 aromatic rings. The third kappa shape index (κ3) is 2.36. The first-order chi connectivity index (χ1) is 9.13. The van der Waals surface area contributed by atoms with E-state index in [0.717, 1.165) is 29.5 Å². The van der Waals surface area contributed by atoms with Gasteiger partial charge in [0.05, 0.1) is 12.0 Å². The van der Waals surface area contributed by atoms with Crippen molar-refractivity contribution in [2.24, 2.45) is 0 Å². The highest BCUT2D eigenvalue weighted by Gasteiger charge is 2.33. The third-order valence-corrected chi connectivity index (χ3v) is 4.99. The van der Waals surface area contributed by atoms with Crippen LogP contribution in [0.1, 0.15) is 30.7 Å². The van der Waals surface area contributed by atoms with Gasteiger partial charge in [-0.2, -0.15) is 5.48 Å². The van der Waals surface area contributed by atoms with Gasteiger partial charge in [-0.25, -0.2) is 9.97 Å². The summed E-state index contributed by atoms with van der Waals surface area (Å²) in [5, 5.41) is 1.62. The van der Waals surface area contributed by atoms with Crippen molar-refractivity contribution in [3.05, 3.63) is 21.9 Å². The number of aryl methyl sites for hydroxylation is 1. The van der Waals surface area contributed by atoms with Crippen LogP contribution in [0.25, 0.3) is 10.2 Å². The number of thiophene rings is 1. The fourth-order valence-corrected chi connectivity index (χ4v) is 4.26. The topological polar surface area (TPSA) is 47.0 Å². The number of rotatable bonds is 3. The molecule has 1 unspecified atom stereocenters. The molecule has 0 bridgehead atoms. The molecule has 1 N–H and O–H groups in total. The van der Waals surface area contributed by atoms with Crippen molar-refractivity contribution in [3.8, 4) is 0 Å². The average molecular weight is 298 g/mol. The minimum Gasteiger partial charge on any atom is -0.302 e. The van der Waals surface area contributed by atoms with Crippen LogP contribution < -0.4 is 5.48 Å². The normalized spacial score (nSPS) is 22.7. The van der Waals surface area contributed by atoms with Gasteiger partial charge in [0.2, 0.25) is 0 Å². The lowest BCUT2D eigenvalue weighted by molar-refractivity contribution is -0.0153. The minimum atomic E-state index is -0.0101. The maximum atomic E-state index is 6.21. The summed E-state index contributed by atoms with van der Waals surface area (Å²) in [6.07, 6.45) is 4.49. The van der Waals surface area contributed by atoms with Crippen LogP contribution >= 0.6 is 22.9 Å². The molecule has 1 aliphatic rings. The Labute approximate surface area is 121 Å². The first-order valence-electron chi connectivity index (χ1n) is 6.42. The Balaban J connectivity index is 1.98. The molecule has 0 fully saturated rings. The van der Waals surface area contributed by atoms with Crippen LogP contribution in [0.3, 0.4) is 0 Å². The smallest absolute Gasteiger partial charge is 0.141 e. The van der Waals surface area contributed by atoms with Gasteiger partial charge in [0.1, 0.15) is 16.3 Å². The number of halogens is 1. The second-order valence-corrected chi connectivity index (χ2v) is 6.56. The molecule has 1 atom stereocenters. The van der Waals surface area contributed by atoms with E-state index >= 15 is 0 Å². The number of hydrogen-bond acceptors (Lipinski definition) is 5. The number of nitrogens with one attached hydrogen (secondary N) is 1. The van der Waals surface area contributed by atoms with Gasteiger partial charge in [0, 0.05) is 16.8 Å². The van der Waals surface area contributed by atoms with Crippen molar-refractivity contribution in [1.82, 2.24) is 15.4 Å². The Morgan fingerprint density at radius 3 is 3.16 bits per heavy atom. The largest absolute Gasteiger partial charge is 0.302 e. The lowest BCUT2D eigenvalue weighted by Gasteiger charge is -2.33. The summed E-state index contributed by atoms with van der Waals surface area (Å²) in [4.78, 5) is 16.1. The highest BCUT2D eigenvalue weighted by molar-refractivity contribution is 7.19. The molecule has 0 saturated carbocycles. The predicted octanol–water partition coefficient (Wildman–Crippen LogP) is 3.13. The van der Waals surface area contributed by atoms with Crippen LogP contribution in [0.15, 0.2) is 6.33 Å². The molecule has 0 saturated heterocycles. The molecular weight excluding hydrogens is 282 g/mol. The van der Waals surface area contributed by atoms with Crippen LogP contribution in [0.4, 0.5) is 0 Å². The molecule has 3 rings (SSSR count). The standard InChI is InChI=1S/C13H16ClN3OS/c1-3-18-17-13(2)5-4-8-9(6-13)19-12-10(8)11(14)15-7-16-12/h7,17H,3-6H2,1-2H3. The molecule has 0 aliphatic heterocycles. The Kier molecular flexibility index (Phi) is 3.47. The zero-order valence-electron chi connectivity index (χ0n) is 11.0. The highest BCUT2D eigenvalue weighted by Crippen LogP contribution is 2.40. The average Bonchev–Trinajstić information content (AvgIpc) is 2.74. The lowest BCUT2D eigenvalue weighted by atomic mass is 9.83. The minimum absolute atomic E-state index is 0.0101. The molecule has 0 amide bonds. The SMILES string of the molecule is CCONC1(C)CCc2c(sc3ncnc(Cl)c23)C1. The number of hydroxylamine groups is 1. The summed E-state index contributed by atoms with van der Waals surface area (Å²) < 4.78 is 0. The molecule has 1 aliphatic carbocycles. The van der Waals surface area contributed by atoms with Gasteiger partial charge in [0.25, 0.3) is 0 Å². The van der Waals surface area contributed by atoms with E-state index in [0.29, 0.717) is 11.8 Å². The number of hydrogen-bond donors (Lipinski definition) is 1. The van der Waals surface area contributed by atoms with Gasteiger partial charge in [-0.05, 0) is 32.3 Å². The van der Waals surface area contributed by atoms with Crippen molar-refractivity contribution in [2.45, 2.75) is 38.6 Å². The van der Waals surface area contributed by atoms with E-state index in [2.05, 4.69) is 22.4 Å². The Morgan fingerprint density at radius 1 is 1.53 bits per heavy atom. The van der Waals surface area contributed by atoms with Crippen molar-refractivity contribution in [1.29, 1.82) is 0 Å². The van der Waals surface area contributed by atoms with Gasteiger partial charge < -0.3 is 4.84 Å². The number of aromatic nitrogens is 2. The van der Waals surface area contributed by atoms with Gasteiger partial charge in [-0.3, -0.25) is 0 Å². The van der Waals surface area contributed by atoms with Crippen molar-refractivity contribution < 1.29 is 4.84 Å². The molecule has 2 aromatic heterocycles. The predicted molar refractivity (Wildman–Crippen MR) is 77.6 cm³/mol. The monoisotopic (exact) mass is 297 g/mol. The van der Waals surface area contributed by atoms with E-state index in [9.17, 15) is 0 Å². The molecule has 2 heterocycles.